The van der Waals surface area contributed by atoms with E-state index in [1.54, 1.807) is 0 Å². The second kappa shape index (κ2) is 4.90. The third kappa shape index (κ3) is 2.12. The molecule has 0 amide bonds. The average Bonchev–Trinajstić information content (AvgIpc) is 2.77. The van der Waals surface area contributed by atoms with Gasteiger partial charge in [0.25, 0.3) is 0 Å². The van der Waals surface area contributed by atoms with Gasteiger partial charge in [-0.05, 0) is 66.8 Å². The highest BCUT2D eigenvalue weighted by molar-refractivity contribution is 6.30. The van der Waals surface area contributed by atoms with Gasteiger partial charge in [0.05, 0.1) is 0 Å². The highest BCUT2D eigenvalue weighted by Gasteiger charge is 2.19. The molecule has 0 heterocycles. The molecule has 0 unspecified atom stereocenters. The van der Waals surface area contributed by atoms with Crippen LogP contribution in [-0.2, 0) is 6.42 Å². The van der Waals surface area contributed by atoms with Gasteiger partial charge in [-0.3, -0.25) is 0 Å². The molecule has 2 aromatic rings. The lowest BCUT2D eigenvalue weighted by Crippen LogP contribution is -2.21. The van der Waals surface area contributed by atoms with Crippen molar-refractivity contribution in [1.29, 1.82) is 0 Å². The van der Waals surface area contributed by atoms with Crippen LogP contribution in [0.2, 0.25) is 5.02 Å². The molecule has 0 aromatic heterocycles. The third-order valence-electron chi connectivity index (χ3n) is 3.96. The summed E-state index contributed by atoms with van der Waals surface area (Å²) in [6.07, 6.45) is 1.00. The molecule has 0 atom stereocenters. The predicted molar refractivity (Wildman–Crippen MR) is 83.3 cm³/mol. The maximum Gasteiger partial charge on any atom is 0.0409 e. The zero-order valence-corrected chi connectivity index (χ0v) is 12.2. The van der Waals surface area contributed by atoms with E-state index in [9.17, 15) is 0 Å². The van der Waals surface area contributed by atoms with Crippen LogP contribution in [-0.4, -0.2) is 13.1 Å². The van der Waals surface area contributed by atoms with Gasteiger partial charge in [-0.25, -0.2) is 0 Å². The molecule has 98 valence electrons. The molecule has 0 saturated heterocycles. The summed E-state index contributed by atoms with van der Waals surface area (Å²) in [5.41, 5.74) is 6.78. The zero-order valence-electron chi connectivity index (χ0n) is 11.4. The van der Waals surface area contributed by atoms with E-state index in [1.807, 2.05) is 6.07 Å². The lowest BCUT2D eigenvalue weighted by molar-refractivity contribution is 0.866. The maximum atomic E-state index is 6.08. The van der Waals surface area contributed by atoms with Crippen molar-refractivity contribution in [3.63, 3.8) is 0 Å². The van der Waals surface area contributed by atoms with Crippen LogP contribution in [0.1, 0.15) is 25.0 Å². The van der Waals surface area contributed by atoms with Crippen molar-refractivity contribution in [2.24, 2.45) is 0 Å². The summed E-state index contributed by atoms with van der Waals surface area (Å²) in [6, 6.07) is 13.0. The predicted octanol–water partition coefficient (Wildman–Crippen LogP) is 4.76. The highest BCUT2D eigenvalue weighted by Crippen LogP contribution is 2.39. The van der Waals surface area contributed by atoms with Gasteiger partial charge < -0.3 is 4.90 Å². The number of hydrogen-bond acceptors (Lipinski definition) is 1. The van der Waals surface area contributed by atoms with E-state index in [2.05, 4.69) is 49.1 Å². The standard InChI is InChI=1S/C17H18ClN/c1-3-19(4-2)15-7-5-12-9-13-10-14(18)6-8-16(13)17(12)11-15/h5-8,10-11H,3-4,9H2,1-2H3. The van der Waals surface area contributed by atoms with Gasteiger partial charge in [-0.15, -0.1) is 0 Å². The summed E-state index contributed by atoms with van der Waals surface area (Å²) in [6.45, 7) is 6.49. The highest BCUT2D eigenvalue weighted by atomic mass is 35.5. The fraction of sp³-hybridized carbons (Fsp3) is 0.294. The van der Waals surface area contributed by atoms with Crippen LogP contribution in [0.15, 0.2) is 36.4 Å². The average molecular weight is 272 g/mol. The van der Waals surface area contributed by atoms with E-state index < -0.39 is 0 Å². The normalized spacial score (nSPS) is 12.2. The smallest absolute Gasteiger partial charge is 0.0409 e. The van der Waals surface area contributed by atoms with Crippen molar-refractivity contribution in [3.8, 4) is 11.1 Å². The Kier molecular flexibility index (Phi) is 3.24. The maximum absolute atomic E-state index is 6.08. The summed E-state index contributed by atoms with van der Waals surface area (Å²) in [7, 11) is 0. The van der Waals surface area contributed by atoms with Gasteiger partial charge in [0, 0.05) is 23.8 Å². The van der Waals surface area contributed by atoms with Gasteiger partial charge in [-0.2, -0.15) is 0 Å². The molecule has 1 nitrogen and oxygen atoms in total. The van der Waals surface area contributed by atoms with Crippen molar-refractivity contribution in [2.45, 2.75) is 20.3 Å². The van der Waals surface area contributed by atoms with Crippen LogP contribution in [0.4, 0.5) is 5.69 Å². The Balaban J connectivity index is 2.07. The van der Waals surface area contributed by atoms with E-state index in [4.69, 9.17) is 11.6 Å². The molecule has 3 rings (SSSR count). The number of fused-ring (bicyclic) bond motifs is 3. The number of nitrogens with zero attached hydrogens (tertiary/aromatic N) is 1. The summed E-state index contributed by atoms with van der Waals surface area (Å²) in [4.78, 5) is 2.38. The molecule has 2 heteroatoms. The minimum absolute atomic E-state index is 0.829. The molecular weight excluding hydrogens is 254 g/mol. The van der Waals surface area contributed by atoms with Gasteiger partial charge in [0.2, 0.25) is 0 Å². The first-order valence-electron chi connectivity index (χ1n) is 6.89. The molecular formula is C17H18ClN. The summed E-state index contributed by atoms with van der Waals surface area (Å²) in [5, 5.41) is 0.829. The quantitative estimate of drug-likeness (QED) is 0.664. The number of rotatable bonds is 3. The molecule has 0 fully saturated rings. The molecule has 19 heavy (non-hydrogen) atoms. The first-order valence-corrected chi connectivity index (χ1v) is 7.27. The van der Waals surface area contributed by atoms with Crippen molar-refractivity contribution in [1.82, 2.24) is 0 Å². The van der Waals surface area contributed by atoms with E-state index in [0.717, 1.165) is 24.5 Å². The summed E-state index contributed by atoms with van der Waals surface area (Å²) in [5.74, 6) is 0. The molecule has 2 aromatic carbocycles. The van der Waals surface area contributed by atoms with Crippen molar-refractivity contribution >= 4 is 17.3 Å². The Morgan fingerprint density at radius 2 is 1.74 bits per heavy atom. The van der Waals surface area contributed by atoms with Crippen LogP contribution >= 0.6 is 11.6 Å². The minimum Gasteiger partial charge on any atom is -0.372 e. The van der Waals surface area contributed by atoms with Crippen LogP contribution in [0.25, 0.3) is 11.1 Å². The Labute approximate surface area is 119 Å². The molecule has 0 saturated carbocycles. The van der Waals surface area contributed by atoms with E-state index >= 15 is 0 Å². The molecule has 0 N–H and O–H groups in total. The van der Waals surface area contributed by atoms with E-state index in [1.165, 1.54) is 27.9 Å². The number of halogens is 1. The fourth-order valence-corrected chi connectivity index (χ4v) is 3.13. The van der Waals surface area contributed by atoms with Gasteiger partial charge in [0.15, 0.2) is 0 Å². The number of benzene rings is 2. The largest absolute Gasteiger partial charge is 0.372 e. The first kappa shape index (κ1) is 12.6. The van der Waals surface area contributed by atoms with Crippen LogP contribution in [0.5, 0.6) is 0 Å². The molecule has 0 bridgehead atoms. The SMILES string of the molecule is CCN(CC)c1ccc2c(c1)-c1ccc(Cl)cc1C2. The second-order valence-electron chi connectivity index (χ2n) is 4.99. The molecule has 0 aliphatic heterocycles. The number of hydrogen-bond donors (Lipinski definition) is 0. The van der Waals surface area contributed by atoms with Gasteiger partial charge in [-0.1, -0.05) is 23.7 Å². The van der Waals surface area contributed by atoms with Gasteiger partial charge in [0.1, 0.15) is 0 Å². The lowest BCUT2D eigenvalue weighted by atomic mass is 10.0. The Hall–Kier alpha value is -1.47. The van der Waals surface area contributed by atoms with E-state index in [-0.39, 0.29) is 0 Å². The molecule has 0 radical (unpaired) electrons. The topological polar surface area (TPSA) is 3.24 Å². The van der Waals surface area contributed by atoms with Crippen LogP contribution in [0.3, 0.4) is 0 Å². The Morgan fingerprint density at radius 1 is 0.947 bits per heavy atom. The van der Waals surface area contributed by atoms with Crippen LogP contribution < -0.4 is 4.90 Å². The van der Waals surface area contributed by atoms with Crippen molar-refractivity contribution in [2.75, 3.05) is 18.0 Å². The monoisotopic (exact) mass is 271 g/mol. The minimum atomic E-state index is 0.829. The fourth-order valence-electron chi connectivity index (χ4n) is 2.93. The molecule has 1 aliphatic rings. The third-order valence-corrected chi connectivity index (χ3v) is 4.20. The van der Waals surface area contributed by atoms with Crippen LogP contribution in [0, 0.1) is 0 Å². The molecule has 0 spiro atoms. The Bertz CT molecular complexity index is 615. The number of anilines is 1. The second-order valence-corrected chi connectivity index (χ2v) is 5.43. The molecule has 1 aliphatic carbocycles. The summed E-state index contributed by atoms with van der Waals surface area (Å²) >= 11 is 6.08. The first-order chi connectivity index (χ1) is 9.22. The van der Waals surface area contributed by atoms with Crippen molar-refractivity contribution in [3.05, 3.63) is 52.5 Å². The van der Waals surface area contributed by atoms with Crippen molar-refractivity contribution < 1.29 is 0 Å². The van der Waals surface area contributed by atoms with E-state index in [0.29, 0.717) is 0 Å². The lowest BCUT2D eigenvalue weighted by Gasteiger charge is -2.21. The zero-order chi connectivity index (χ0) is 13.4. The Morgan fingerprint density at radius 3 is 2.47 bits per heavy atom. The van der Waals surface area contributed by atoms with Gasteiger partial charge >= 0.3 is 0 Å². The summed E-state index contributed by atoms with van der Waals surface area (Å²) < 4.78 is 0.